The zero-order chi connectivity index (χ0) is 39.1. The highest BCUT2D eigenvalue weighted by atomic mass is 32.2. The molecule has 6 bridgehead atoms. The van der Waals surface area contributed by atoms with Crippen LogP contribution in [0.1, 0.15) is 63.5 Å². The average molecular weight is 770 g/mol. The Bertz CT molecular complexity index is 2260. The number of carbonyl (C=O) groups excluding carboxylic acids is 2. The summed E-state index contributed by atoms with van der Waals surface area (Å²) in [6.07, 6.45) is 5.17. The van der Waals surface area contributed by atoms with Gasteiger partial charge in [0.2, 0.25) is 5.72 Å². The van der Waals surface area contributed by atoms with Crippen LogP contribution in [0, 0.1) is 5.41 Å². The third kappa shape index (κ3) is 7.67. The van der Waals surface area contributed by atoms with E-state index in [-0.39, 0.29) is 36.5 Å². The summed E-state index contributed by atoms with van der Waals surface area (Å²) in [4.78, 5) is 39.3. The fraction of sp³-hybridized carbons (Fsp3) is 0.400. The number of aliphatic hydroxyl groups is 1. The SMILES string of the molecule is CCn1c(-c2cccnc2[C@H](C)OC)c2c3cc(ccc31)-c1cc(O)cc(c1)CC(O)(NS(=O)c1cnc[nH]1)C(=O)N1CCC[C@H](N1)C(=O)OCC(C)(C)C2. The number of hydrogen-bond donors (Lipinski definition) is 5. The van der Waals surface area contributed by atoms with Gasteiger partial charge in [-0.25, -0.2) is 14.6 Å². The van der Waals surface area contributed by atoms with E-state index < -0.39 is 40.0 Å². The molecule has 5 N–H and O–H groups in total. The van der Waals surface area contributed by atoms with E-state index in [1.54, 1.807) is 25.4 Å². The minimum Gasteiger partial charge on any atom is -0.508 e. The van der Waals surface area contributed by atoms with E-state index in [1.165, 1.54) is 23.6 Å². The van der Waals surface area contributed by atoms with Gasteiger partial charge in [-0.2, -0.15) is 4.72 Å². The summed E-state index contributed by atoms with van der Waals surface area (Å²) in [5.74, 6) is -1.45. The van der Waals surface area contributed by atoms with Gasteiger partial charge in [0.05, 0.1) is 36.6 Å². The molecular weight excluding hydrogens is 723 g/mol. The number of methoxy groups -OCH3 is 1. The highest BCUT2D eigenvalue weighted by Crippen LogP contribution is 2.42. The van der Waals surface area contributed by atoms with Crippen molar-refractivity contribution in [2.24, 2.45) is 5.41 Å². The van der Waals surface area contributed by atoms with Crippen LogP contribution in [0.2, 0.25) is 0 Å². The summed E-state index contributed by atoms with van der Waals surface area (Å²) in [5, 5.41) is 25.5. The fourth-order valence-corrected chi connectivity index (χ4v) is 8.53. The van der Waals surface area contributed by atoms with E-state index >= 15 is 0 Å². The van der Waals surface area contributed by atoms with Crippen molar-refractivity contribution in [2.75, 3.05) is 20.3 Å². The highest BCUT2D eigenvalue weighted by molar-refractivity contribution is 7.83. The molecule has 0 saturated carbocycles. The van der Waals surface area contributed by atoms with Gasteiger partial charge in [0.25, 0.3) is 5.91 Å². The molecule has 0 spiro atoms. The molecule has 5 aromatic rings. The van der Waals surface area contributed by atoms with Gasteiger partial charge < -0.3 is 29.2 Å². The number of pyridine rings is 1. The number of nitrogens with zero attached hydrogens (tertiary/aromatic N) is 4. The lowest BCUT2D eigenvalue weighted by Gasteiger charge is -2.38. The Morgan fingerprint density at radius 2 is 1.96 bits per heavy atom. The Balaban J connectivity index is 1.42. The molecule has 2 unspecified atom stereocenters. The van der Waals surface area contributed by atoms with Crippen molar-refractivity contribution >= 4 is 33.8 Å². The number of phenolic OH excluding ortho intramolecular Hbond substituents is 1. The number of aromatic amines is 1. The number of amides is 1. The number of nitrogens with one attached hydrogen (secondary N) is 3. The van der Waals surface area contributed by atoms with Gasteiger partial charge in [-0.3, -0.25) is 19.6 Å². The van der Waals surface area contributed by atoms with Gasteiger partial charge in [-0.1, -0.05) is 26.0 Å². The number of cyclic esters (lactones) is 1. The summed E-state index contributed by atoms with van der Waals surface area (Å²) in [6.45, 7) is 9.12. The maximum atomic E-state index is 14.2. The van der Waals surface area contributed by atoms with Crippen molar-refractivity contribution in [2.45, 2.75) is 82.8 Å². The normalized spacial score (nSPS) is 21.6. The molecule has 15 heteroatoms. The van der Waals surface area contributed by atoms with E-state index in [4.69, 9.17) is 14.5 Å². The number of hydrazine groups is 1. The van der Waals surface area contributed by atoms with Gasteiger partial charge in [0.15, 0.2) is 0 Å². The predicted molar refractivity (Wildman–Crippen MR) is 206 cm³/mol. The summed E-state index contributed by atoms with van der Waals surface area (Å²) in [7, 11) is -0.427. The lowest BCUT2D eigenvalue weighted by molar-refractivity contribution is -0.163. The predicted octanol–water partition coefficient (Wildman–Crippen LogP) is 4.69. The number of esters is 1. The summed E-state index contributed by atoms with van der Waals surface area (Å²) in [5.41, 5.74) is 6.60. The first-order chi connectivity index (χ1) is 26.3. The number of aromatic hydroxyl groups is 1. The molecule has 1 saturated heterocycles. The van der Waals surface area contributed by atoms with Crippen LogP contribution < -0.4 is 10.1 Å². The van der Waals surface area contributed by atoms with Crippen molar-refractivity contribution in [3.63, 3.8) is 0 Å². The lowest BCUT2D eigenvalue weighted by Crippen LogP contribution is -2.66. The molecule has 0 aliphatic carbocycles. The number of aryl methyl sites for hydroxylation is 1. The van der Waals surface area contributed by atoms with Crippen LogP contribution in [-0.2, 0) is 49.4 Å². The second-order valence-corrected chi connectivity index (χ2v) is 16.2. The molecule has 1 amide bonds. The van der Waals surface area contributed by atoms with E-state index in [0.717, 1.165) is 39.0 Å². The Kier molecular flexibility index (Phi) is 10.7. The molecule has 1 fully saturated rings. The molecule has 5 heterocycles. The Morgan fingerprint density at radius 1 is 1.15 bits per heavy atom. The van der Waals surface area contributed by atoms with Gasteiger partial charge in [0.1, 0.15) is 27.8 Å². The number of phenols is 1. The largest absolute Gasteiger partial charge is 0.508 e. The zero-order valence-electron chi connectivity index (χ0n) is 31.6. The molecule has 0 radical (unpaired) electrons. The molecular formula is C40H47N7O7S. The second-order valence-electron chi connectivity index (χ2n) is 15.1. The molecule has 14 nitrogen and oxygen atoms in total. The highest BCUT2D eigenvalue weighted by Gasteiger charge is 2.44. The standard InChI is InChI=1S/C40H47N7O7S/c1-6-46-33-12-11-26-18-30(33)31(36(46)29-9-7-13-42-35(29)24(2)53-5)20-39(3,4)22-54-37(49)32-10-8-14-47(44-32)38(50)40(51,45-55(52)34-21-41-23-43-34)19-25-15-27(26)17-28(48)16-25/h7,9,11-13,15-18,21,23-24,32,44-45,48,51H,6,8,10,14,19-20,22H2,1-5H3,(H,41,43)/t24-,32-,40?,55?/m0/s1. The van der Waals surface area contributed by atoms with Gasteiger partial charge in [-0.15, -0.1) is 0 Å². The van der Waals surface area contributed by atoms with Crippen molar-refractivity contribution in [3.8, 4) is 28.1 Å². The number of H-pyrrole nitrogens is 1. The van der Waals surface area contributed by atoms with Crippen LogP contribution in [0.15, 0.2) is 72.3 Å². The molecule has 2 aliphatic rings. The second kappa shape index (κ2) is 15.3. The summed E-state index contributed by atoms with van der Waals surface area (Å²) in [6, 6.07) is 14.1. The number of hydrogen-bond acceptors (Lipinski definition) is 10. The maximum Gasteiger partial charge on any atom is 0.324 e. The van der Waals surface area contributed by atoms with E-state index in [9.17, 15) is 24.0 Å². The summed E-state index contributed by atoms with van der Waals surface area (Å²) < 4.78 is 30.0. The van der Waals surface area contributed by atoms with Gasteiger partial charge in [0, 0.05) is 54.7 Å². The molecule has 55 heavy (non-hydrogen) atoms. The van der Waals surface area contributed by atoms with Crippen LogP contribution >= 0.6 is 0 Å². The zero-order valence-corrected chi connectivity index (χ0v) is 32.4. The minimum absolute atomic E-state index is 0.0767. The Hall–Kier alpha value is -4.93. The van der Waals surface area contributed by atoms with Crippen molar-refractivity contribution in [1.82, 2.24) is 34.7 Å². The number of aromatic nitrogens is 4. The molecule has 3 aromatic heterocycles. The quantitative estimate of drug-likeness (QED) is 0.115. The van der Waals surface area contributed by atoms with Crippen LogP contribution in [-0.4, -0.2) is 82.9 Å². The van der Waals surface area contributed by atoms with Crippen LogP contribution in [0.5, 0.6) is 5.75 Å². The van der Waals surface area contributed by atoms with Crippen molar-refractivity contribution < 1.29 is 33.5 Å². The van der Waals surface area contributed by atoms with Crippen LogP contribution in [0.3, 0.4) is 0 Å². The molecule has 4 atom stereocenters. The number of imidazole rings is 1. The van der Waals surface area contributed by atoms with E-state index in [2.05, 4.69) is 63.7 Å². The smallest absolute Gasteiger partial charge is 0.324 e. The molecule has 2 aromatic carbocycles. The first kappa shape index (κ1) is 38.3. The van der Waals surface area contributed by atoms with Crippen molar-refractivity contribution in [3.05, 3.63) is 84.1 Å². The van der Waals surface area contributed by atoms with Crippen molar-refractivity contribution in [1.29, 1.82) is 0 Å². The molecule has 290 valence electrons. The topological polar surface area (TPSA) is 184 Å². The fourth-order valence-electron chi connectivity index (χ4n) is 7.64. The molecule has 2 aliphatic heterocycles. The molecule has 7 rings (SSSR count). The first-order valence-electron chi connectivity index (χ1n) is 18.4. The number of benzene rings is 2. The Labute approximate surface area is 321 Å². The number of rotatable bonds is 7. The van der Waals surface area contributed by atoms with E-state index in [0.29, 0.717) is 36.9 Å². The van der Waals surface area contributed by atoms with Crippen LogP contribution in [0.4, 0.5) is 0 Å². The van der Waals surface area contributed by atoms with Gasteiger partial charge in [-0.05, 0) is 91.8 Å². The number of fused-ring (bicyclic) bond motifs is 6. The number of ether oxygens (including phenoxy) is 2. The first-order valence-corrected chi connectivity index (χ1v) is 19.6. The van der Waals surface area contributed by atoms with E-state index in [1.807, 2.05) is 19.1 Å². The third-order valence-corrected chi connectivity index (χ3v) is 11.5. The third-order valence-electron chi connectivity index (χ3n) is 10.4. The minimum atomic E-state index is -2.45. The maximum absolute atomic E-state index is 14.2. The van der Waals surface area contributed by atoms with Gasteiger partial charge >= 0.3 is 5.97 Å². The lowest BCUT2D eigenvalue weighted by atomic mass is 9.84. The monoisotopic (exact) mass is 769 g/mol. The average Bonchev–Trinajstić information content (AvgIpc) is 3.82. The van der Waals surface area contributed by atoms with Crippen LogP contribution in [0.25, 0.3) is 33.3 Å². The number of carbonyl (C=O) groups is 2. The summed E-state index contributed by atoms with van der Waals surface area (Å²) >= 11 is 0. The Morgan fingerprint density at radius 3 is 2.71 bits per heavy atom.